The zero-order valence-corrected chi connectivity index (χ0v) is 11.1. The van der Waals surface area contributed by atoms with E-state index in [0.717, 1.165) is 5.56 Å². The maximum absolute atomic E-state index is 9.22. The fraction of sp³-hybridized carbons (Fsp3) is 0.333. The van der Waals surface area contributed by atoms with Gasteiger partial charge < -0.3 is 0 Å². The fourth-order valence-electron chi connectivity index (χ4n) is 1.79. The fourth-order valence-corrected chi connectivity index (χ4v) is 1.79. The number of benzene rings is 1. The van der Waals surface area contributed by atoms with Gasteiger partial charge in [-0.05, 0) is 30.4 Å². The van der Waals surface area contributed by atoms with Crippen molar-refractivity contribution in [3.8, 4) is 12.1 Å². The minimum absolute atomic E-state index is 0.310. The highest BCUT2D eigenvalue weighted by Crippen LogP contribution is 2.27. The minimum atomic E-state index is -1.05. The molecule has 0 unspecified atom stereocenters. The zero-order valence-electron chi connectivity index (χ0n) is 11.1. The highest BCUT2D eigenvalue weighted by atomic mass is 15.1. The number of nitrogens with zero attached hydrogens (tertiary/aromatic N) is 5. The molecule has 0 aliphatic rings. The largest absolute Gasteiger partial charge is 0.197 e. The summed E-state index contributed by atoms with van der Waals surface area (Å²) >= 11 is 0. The predicted molar refractivity (Wildman–Crippen MR) is 77.0 cm³/mol. The Morgan fingerprint density at radius 2 is 1.95 bits per heavy atom. The molecule has 0 radical (unpaired) electrons. The van der Waals surface area contributed by atoms with E-state index in [1.54, 1.807) is 0 Å². The summed E-state index contributed by atoms with van der Waals surface area (Å²) in [6, 6.07) is 13.9. The number of nitriles is 2. The number of hydrogen-bond donors (Lipinski definition) is 0. The molecule has 0 amide bonds. The lowest BCUT2D eigenvalue weighted by atomic mass is 9.83. The molecule has 0 aliphatic heterocycles. The second-order valence-electron chi connectivity index (χ2n) is 4.38. The average Bonchev–Trinajstić information content (AvgIpc) is 2.51. The lowest BCUT2D eigenvalue weighted by Crippen LogP contribution is -2.15. The van der Waals surface area contributed by atoms with Crippen LogP contribution in [-0.4, -0.2) is 6.54 Å². The third-order valence-electron chi connectivity index (χ3n) is 2.93. The normalized spacial score (nSPS) is 10.5. The van der Waals surface area contributed by atoms with Gasteiger partial charge in [-0.2, -0.15) is 10.5 Å². The number of rotatable bonds is 7. The highest BCUT2D eigenvalue weighted by molar-refractivity contribution is 5.49. The van der Waals surface area contributed by atoms with Crippen molar-refractivity contribution in [2.75, 3.05) is 6.54 Å². The lowest BCUT2D eigenvalue weighted by Gasteiger charge is -2.15. The molecule has 5 nitrogen and oxygen atoms in total. The van der Waals surface area contributed by atoms with E-state index in [2.05, 4.69) is 22.2 Å². The minimum Gasteiger partial charge on any atom is -0.197 e. The summed E-state index contributed by atoms with van der Waals surface area (Å²) in [7, 11) is 0. The molecule has 100 valence electrons. The Bertz CT molecular complexity index is 557. The summed E-state index contributed by atoms with van der Waals surface area (Å²) in [5, 5.41) is 21.9. The van der Waals surface area contributed by atoms with Crippen molar-refractivity contribution in [1.29, 1.82) is 10.5 Å². The van der Waals surface area contributed by atoms with E-state index in [-0.39, 0.29) is 0 Å². The molecule has 0 aliphatic carbocycles. The summed E-state index contributed by atoms with van der Waals surface area (Å²) in [5.41, 5.74) is 8.18. The zero-order chi connectivity index (χ0) is 14.7. The molecule has 0 aromatic heterocycles. The van der Waals surface area contributed by atoms with Crippen LogP contribution in [0, 0.1) is 28.1 Å². The van der Waals surface area contributed by atoms with Gasteiger partial charge in [-0.15, -0.1) is 0 Å². The molecule has 1 rings (SSSR count). The van der Waals surface area contributed by atoms with Gasteiger partial charge in [-0.3, -0.25) is 0 Å². The van der Waals surface area contributed by atoms with Crippen molar-refractivity contribution in [2.24, 2.45) is 10.5 Å². The van der Waals surface area contributed by atoms with Crippen LogP contribution in [0.2, 0.25) is 0 Å². The van der Waals surface area contributed by atoms with Gasteiger partial charge in [0.15, 0.2) is 0 Å². The van der Waals surface area contributed by atoms with Gasteiger partial charge in [-0.25, -0.2) is 0 Å². The average molecular weight is 265 g/mol. The third kappa shape index (κ3) is 4.86. The first-order valence-corrected chi connectivity index (χ1v) is 6.31. The summed E-state index contributed by atoms with van der Waals surface area (Å²) in [5.74, 6) is 0. The Labute approximate surface area is 118 Å². The van der Waals surface area contributed by atoms with Crippen molar-refractivity contribution in [3.05, 3.63) is 52.4 Å². The van der Waals surface area contributed by atoms with E-state index >= 15 is 0 Å². The van der Waals surface area contributed by atoms with Crippen LogP contribution in [0.4, 0.5) is 0 Å². The van der Waals surface area contributed by atoms with Crippen LogP contribution >= 0.6 is 0 Å². The van der Waals surface area contributed by atoms with E-state index in [4.69, 9.17) is 5.53 Å². The van der Waals surface area contributed by atoms with Crippen LogP contribution < -0.4 is 0 Å². The van der Waals surface area contributed by atoms with Crippen LogP contribution in [0.5, 0.6) is 0 Å². The van der Waals surface area contributed by atoms with Crippen molar-refractivity contribution >= 4 is 6.08 Å². The van der Waals surface area contributed by atoms with Gasteiger partial charge in [0.05, 0.1) is 12.1 Å². The SMILES string of the molecule is N#CC(C#N)(C/C=C/c1ccccc1)CCCN=[N+]=[N-]. The lowest BCUT2D eigenvalue weighted by molar-refractivity contribution is 0.468. The van der Waals surface area contributed by atoms with Gasteiger partial charge >= 0.3 is 0 Å². The maximum Gasteiger partial charge on any atom is 0.147 e. The Morgan fingerprint density at radius 1 is 1.25 bits per heavy atom. The Morgan fingerprint density at radius 3 is 2.55 bits per heavy atom. The van der Waals surface area contributed by atoms with Crippen LogP contribution in [0.25, 0.3) is 16.5 Å². The van der Waals surface area contributed by atoms with Gasteiger partial charge in [0.25, 0.3) is 0 Å². The highest BCUT2D eigenvalue weighted by Gasteiger charge is 2.27. The molecule has 0 bridgehead atoms. The summed E-state index contributed by atoms with van der Waals surface area (Å²) in [4.78, 5) is 2.65. The summed E-state index contributed by atoms with van der Waals surface area (Å²) in [6.45, 7) is 0.310. The topological polar surface area (TPSA) is 96.3 Å². The van der Waals surface area contributed by atoms with Crippen LogP contribution in [0.15, 0.2) is 41.5 Å². The third-order valence-corrected chi connectivity index (χ3v) is 2.93. The van der Waals surface area contributed by atoms with Gasteiger partial charge in [-0.1, -0.05) is 47.6 Å². The van der Waals surface area contributed by atoms with Crippen molar-refractivity contribution in [2.45, 2.75) is 19.3 Å². The number of hydrogen-bond acceptors (Lipinski definition) is 3. The molecule has 0 fully saturated rings. The summed E-state index contributed by atoms with van der Waals surface area (Å²) < 4.78 is 0. The maximum atomic E-state index is 9.22. The molecular formula is C15H15N5. The standard InChI is InChI=1S/C15H15N5/c16-12-15(13-17,10-5-11-19-20-18)9-4-8-14-6-2-1-3-7-14/h1-4,6-8H,5,9-11H2/b8-4+. The molecule has 0 atom stereocenters. The summed E-state index contributed by atoms with van der Waals surface area (Å²) in [6.07, 6.45) is 5.04. The molecule has 20 heavy (non-hydrogen) atoms. The molecule has 0 saturated carbocycles. The van der Waals surface area contributed by atoms with Crippen molar-refractivity contribution in [3.63, 3.8) is 0 Å². The Balaban J connectivity index is 2.63. The Hall–Kier alpha value is -2.75. The molecule has 1 aromatic rings. The first-order chi connectivity index (χ1) is 9.76. The van der Waals surface area contributed by atoms with E-state index in [1.165, 1.54) is 0 Å². The second-order valence-corrected chi connectivity index (χ2v) is 4.38. The van der Waals surface area contributed by atoms with Crippen LogP contribution in [-0.2, 0) is 0 Å². The van der Waals surface area contributed by atoms with Gasteiger partial charge in [0, 0.05) is 11.5 Å². The smallest absolute Gasteiger partial charge is 0.147 e. The van der Waals surface area contributed by atoms with E-state index in [0.29, 0.717) is 25.8 Å². The van der Waals surface area contributed by atoms with E-state index in [1.807, 2.05) is 42.5 Å². The molecule has 1 aromatic carbocycles. The Kier molecular flexibility index (Phi) is 6.41. The molecule has 0 N–H and O–H groups in total. The van der Waals surface area contributed by atoms with Crippen LogP contribution in [0.3, 0.4) is 0 Å². The quantitative estimate of drug-likeness (QED) is 0.319. The van der Waals surface area contributed by atoms with Crippen molar-refractivity contribution in [1.82, 2.24) is 0 Å². The molecular weight excluding hydrogens is 250 g/mol. The first kappa shape index (κ1) is 15.3. The molecule has 0 saturated heterocycles. The second kappa shape index (κ2) is 8.37. The van der Waals surface area contributed by atoms with Gasteiger partial charge in [0.1, 0.15) is 5.41 Å². The molecule has 0 heterocycles. The number of allylic oxidation sites excluding steroid dienone is 1. The van der Waals surface area contributed by atoms with E-state index < -0.39 is 5.41 Å². The number of azide groups is 1. The predicted octanol–water partition coefficient (Wildman–Crippen LogP) is 4.21. The van der Waals surface area contributed by atoms with Crippen LogP contribution in [0.1, 0.15) is 24.8 Å². The molecule has 5 heteroatoms. The van der Waals surface area contributed by atoms with Gasteiger partial charge in [0.2, 0.25) is 0 Å². The molecule has 0 spiro atoms. The first-order valence-electron chi connectivity index (χ1n) is 6.31. The van der Waals surface area contributed by atoms with E-state index in [9.17, 15) is 10.5 Å². The van der Waals surface area contributed by atoms with Crippen molar-refractivity contribution < 1.29 is 0 Å². The monoisotopic (exact) mass is 265 g/mol.